The zero-order valence-electron chi connectivity index (χ0n) is 48.5. The topological polar surface area (TPSA) is 288 Å². The van der Waals surface area contributed by atoms with E-state index in [0.717, 1.165) is 47.4 Å². The molecule has 1 aliphatic carbocycles. The van der Waals surface area contributed by atoms with E-state index in [9.17, 15) is 33.6 Å². The van der Waals surface area contributed by atoms with Crippen molar-refractivity contribution in [1.29, 1.82) is 0 Å². The third-order valence-electron chi connectivity index (χ3n) is 14.8. The highest BCUT2D eigenvalue weighted by Crippen LogP contribution is 2.36. The molecule has 3 atom stereocenters. The SMILES string of the molecule is CN1C(=O)CN=C(c2cccc(CCCNC(=O)c3nnn(-c4ccc(NC(=O)CCCNC(CCOCCOCCOCCOCCNC(=O)CCCC[C@@H]5SC[C@@H]6NC(=O)N[C@@H]65)=C5C(=O)CC(C)(C)CC5=O)cc4)n3)c2)c2cc(Cl)ccc21. The van der Waals surface area contributed by atoms with Gasteiger partial charge in [0, 0.05) is 97.3 Å². The summed E-state index contributed by atoms with van der Waals surface area (Å²) in [6.07, 6.45) is 5.88. The lowest BCUT2D eigenvalue weighted by atomic mass is 9.73. The van der Waals surface area contributed by atoms with Crippen molar-refractivity contribution in [2.45, 2.75) is 102 Å². The molecule has 3 aliphatic heterocycles. The Balaban J connectivity index is 0.666. The second-order valence-corrected chi connectivity index (χ2v) is 23.7. The predicted octanol–water partition coefficient (Wildman–Crippen LogP) is 5.31. The molecule has 85 heavy (non-hydrogen) atoms. The molecule has 0 unspecified atom stereocenters. The molecule has 6 amide bonds. The highest BCUT2D eigenvalue weighted by molar-refractivity contribution is 8.00. The summed E-state index contributed by atoms with van der Waals surface area (Å²) in [4.78, 5) is 96.5. The number of amides is 6. The number of Topliss-reactive ketones (excluding diaryl/α,β-unsaturated/α-hetero) is 2. The number of nitrogens with zero attached hydrogens (tertiary/aromatic N) is 6. The Kier molecular flexibility index (Phi) is 24.0. The van der Waals surface area contributed by atoms with E-state index < -0.39 is 11.3 Å². The fourth-order valence-electron chi connectivity index (χ4n) is 10.4. The lowest BCUT2D eigenvalue weighted by molar-refractivity contribution is -0.127. The number of anilines is 2. The molecule has 456 valence electrons. The molecule has 0 bridgehead atoms. The number of halogens is 1. The maximum Gasteiger partial charge on any atom is 0.315 e. The van der Waals surface area contributed by atoms with E-state index in [1.807, 2.05) is 62.0 Å². The molecule has 4 aliphatic rings. The molecule has 2 saturated heterocycles. The van der Waals surface area contributed by atoms with E-state index in [2.05, 4.69) is 52.3 Å². The molecule has 3 fully saturated rings. The number of carbonyl (C=O) groups excluding carboxylic acids is 7. The number of allylic oxidation sites excluding steroid dienone is 1. The van der Waals surface area contributed by atoms with Gasteiger partial charge in [-0.2, -0.15) is 11.8 Å². The lowest BCUT2D eigenvalue weighted by Gasteiger charge is -2.30. The summed E-state index contributed by atoms with van der Waals surface area (Å²) in [5.74, 6) is -0.390. The van der Waals surface area contributed by atoms with Crippen LogP contribution in [0, 0.1) is 5.41 Å². The van der Waals surface area contributed by atoms with Gasteiger partial charge in [-0.1, -0.05) is 50.1 Å². The number of benzene rings is 3. The Morgan fingerprint density at radius 1 is 0.753 bits per heavy atom. The Morgan fingerprint density at radius 3 is 2.21 bits per heavy atom. The van der Waals surface area contributed by atoms with Crippen LogP contribution in [0.25, 0.3) is 5.69 Å². The van der Waals surface area contributed by atoms with Crippen molar-refractivity contribution < 1.29 is 52.5 Å². The van der Waals surface area contributed by atoms with E-state index in [4.69, 9.17) is 30.5 Å². The van der Waals surface area contributed by atoms with Crippen molar-refractivity contribution in [3.63, 3.8) is 0 Å². The molecule has 0 spiro atoms. The fraction of sp³-hybridized carbons (Fsp3) is 0.517. The van der Waals surface area contributed by atoms with Crippen molar-refractivity contribution in [1.82, 2.24) is 46.8 Å². The zero-order valence-corrected chi connectivity index (χ0v) is 50.1. The summed E-state index contributed by atoms with van der Waals surface area (Å²) < 4.78 is 22.6. The van der Waals surface area contributed by atoms with Crippen LogP contribution in [-0.4, -0.2) is 176 Å². The molecular formula is C60H77ClN12O11S. The normalized spacial score (nSPS) is 18.0. The molecule has 8 rings (SSSR count). The third kappa shape index (κ3) is 19.2. The number of ether oxygens (including phenoxy) is 4. The number of rotatable bonds is 33. The predicted molar refractivity (Wildman–Crippen MR) is 322 cm³/mol. The Labute approximate surface area is 504 Å². The van der Waals surface area contributed by atoms with E-state index >= 15 is 0 Å². The largest absolute Gasteiger partial charge is 0.388 e. The van der Waals surface area contributed by atoms with Gasteiger partial charge >= 0.3 is 6.03 Å². The number of fused-ring (bicyclic) bond motifs is 2. The van der Waals surface area contributed by atoms with Crippen molar-refractivity contribution in [3.8, 4) is 5.69 Å². The van der Waals surface area contributed by atoms with Gasteiger partial charge in [0.2, 0.25) is 17.7 Å². The van der Waals surface area contributed by atoms with Crippen LogP contribution in [0.5, 0.6) is 0 Å². The molecule has 3 aromatic carbocycles. The van der Waals surface area contributed by atoms with Gasteiger partial charge in [0.15, 0.2) is 11.6 Å². The van der Waals surface area contributed by atoms with Crippen LogP contribution in [0.15, 0.2) is 83.0 Å². The summed E-state index contributed by atoms with van der Waals surface area (Å²) in [5, 5.41) is 31.1. The van der Waals surface area contributed by atoms with Crippen LogP contribution in [0.3, 0.4) is 0 Å². The second kappa shape index (κ2) is 31.9. The monoisotopic (exact) mass is 1210 g/mol. The van der Waals surface area contributed by atoms with E-state index in [0.29, 0.717) is 131 Å². The van der Waals surface area contributed by atoms with Crippen LogP contribution < -0.4 is 36.8 Å². The third-order valence-corrected chi connectivity index (χ3v) is 16.5. The summed E-state index contributed by atoms with van der Waals surface area (Å²) in [5.41, 5.74) is 5.43. The van der Waals surface area contributed by atoms with Gasteiger partial charge in [0.25, 0.3) is 11.7 Å². The van der Waals surface area contributed by atoms with Gasteiger partial charge in [0.05, 0.1) is 87.6 Å². The van der Waals surface area contributed by atoms with E-state index in [1.54, 1.807) is 42.3 Å². The van der Waals surface area contributed by atoms with Crippen LogP contribution in [0.2, 0.25) is 5.02 Å². The number of benzodiazepines with no additional fused rings is 1. The van der Waals surface area contributed by atoms with Crippen molar-refractivity contribution >= 4 is 81.7 Å². The summed E-state index contributed by atoms with van der Waals surface area (Å²) in [6.45, 7) is 7.75. The number of carbonyl (C=O) groups is 7. The first-order chi connectivity index (χ1) is 41.1. The number of hydrogen-bond acceptors (Lipinski definition) is 17. The first-order valence-electron chi connectivity index (χ1n) is 29.1. The van der Waals surface area contributed by atoms with Crippen molar-refractivity contribution in [2.75, 3.05) is 102 Å². The summed E-state index contributed by atoms with van der Waals surface area (Å²) in [6, 6.07) is 20.4. The van der Waals surface area contributed by atoms with Crippen LogP contribution >= 0.6 is 23.4 Å². The zero-order chi connectivity index (χ0) is 60.1. The minimum Gasteiger partial charge on any atom is -0.388 e. The minimum atomic E-state index is -0.473. The highest BCUT2D eigenvalue weighted by atomic mass is 35.5. The molecule has 25 heteroatoms. The van der Waals surface area contributed by atoms with Crippen LogP contribution in [-0.2, 0) is 49.3 Å². The average Bonchev–Trinajstić information content (AvgIpc) is 4.34. The lowest BCUT2D eigenvalue weighted by Crippen LogP contribution is -2.36. The molecule has 4 aromatic rings. The Bertz CT molecular complexity index is 3040. The molecule has 1 aromatic heterocycles. The number of aromatic nitrogens is 4. The Hall–Kier alpha value is -7.09. The average molecular weight is 1210 g/mol. The first kappa shape index (κ1) is 63.9. The van der Waals surface area contributed by atoms with Crippen LogP contribution in [0.1, 0.15) is 105 Å². The van der Waals surface area contributed by atoms with Gasteiger partial charge in [0.1, 0.15) is 6.54 Å². The standard InChI is InChI=1S/C60H77ClN12O11S/c1-60(2)35-48(74)54(49(75)36-60)45(21-25-81-27-29-83-31-32-84-30-28-82-26-24-63-51(76)13-5-4-12-50-56-46(38-85-50)67-59(80)68-56)62-22-8-14-52(77)66-42-16-18-43(19-17-42)73-70-57(69-71-73)58(79)64-23-7-10-39-9-6-11-40(33-39)55-44-34-41(61)15-20-47(44)72(3)53(78)37-65-55/h6,9,11,15-20,33-34,46,50,56,62H,4-5,7-8,10,12-14,21-32,35-38H2,1-3H3,(H,63,76)(H,64,79)(H,66,77)(H2,67,68,80)/t46-,50-,56-/m0/s1. The minimum absolute atomic E-state index is 0.00507. The van der Waals surface area contributed by atoms with Crippen molar-refractivity contribution in [2.24, 2.45) is 10.4 Å². The molecule has 4 heterocycles. The second-order valence-electron chi connectivity index (χ2n) is 22.0. The number of nitrogens with one attached hydrogen (secondary N) is 6. The van der Waals surface area contributed by atoms with Gasteiger partial charge < -0.3 is 55.7 Å². The molecule has 1 saturated carbocycles. The number of thioether (sulfide) groups is 1. The van der Waals surface area contributed by atoms with Gasteiger partial charge in [-0.25, -0.2) is 4.79 Å². The maximum atomic E-state index is 13.3. The molecule has 6 N–H and O–H groups in total. The number of aryl methyl sites for hydroxylation is 1. The number of likely N-dealkylation sites (N-methyl/N-ethyl adjacent to an activating group) is 1. The summed E-state index contributed by atoms with van der Waals surface area (Å²) >= 11 is 8.24. The number of hydrogen-bond donors (Lipinski definition) is 6. The Morgan fingerprint density at radius 2 is 1.46 bits per heavy atom. The van der Waals surface area contributed by atoms with E-state index in [-0.39, 0.29) is 91.2 Å². The van der Waals surface area contributed by atoms with Gasteiger partial charge in [-0.3, -0.25) is 33.8 Å². The van der Waals surface area contributed by atoms with Gasteiger partial charge in [-0.15, -0.1) is 15.0 Å². The number of unbranched alkanes of at least 4 members (excludes halogenated alkanes) is 1. The van der Waals surface area contributed by atoms with Gasteiger partial charge in [-0.05, 0) is 96.8 Å². The quantitative estimate of drug-likeness (QED) is 0.0152. The number of tetrazole rings is 1. The van der Waals surface area contributed by atoms with Crippen LogP contribution in [0.4, 0.5) is 16.2 Å². The molecular weight excluding hydrogens is 1130 g/mol. The first-order valence-corrected chi connectivity index (χ1v) is 30.5. The number of urea groups is 1. The molecule has 23 nitrogen and oxygen atoms in total. The summed E-state index contributed by atoms with van der Waals surface area (Å²) in [7, 11) is 1.73. The maximum absolute atomic E-state index is 13.3. The highest BCUT2D eigenvalue weighted by Gasteiger charge is 2.42. The van der Waals surface area contributed by atoms with Crippen molar-refractivity contribution in [3.05, 3.63) is 106 Å². The number of aliphatic imine (C=N–C) groups is 1. The smallest absolute Gasteiger partial charge is 0.315 e. The number of ketones is 2. The fourth-order valence-corrected chi connectivity index (χ4v) is 12.1. The van der Waals surface area contributed by atoms with E-state index in [1.165, 1.54) is 4.80 Å². The molecule has 0 radical (unpaired) electrons.